The minimum Gasteiger partial charge on any atom is -0.196 e. The maximum absolute atomic E-state index is 12.0. The van der Waals surface area contributed by atoms with Crippen LogP contribution in [-0.2, 0) is 10.2 Å². The summed E-state index contributed by atoms with van der Waals surface area (Å²) in [6.07, 6.45) is 3.05. The maximum atomic E-state index is 12.0. The smallest absolute Gasteiger partial charge is 0.196 e. The highest BCUT2D eigenvalue weighted by Crippen LogP contribution is 2.29. The van der Waals surface area contributed by atoms with E-state index in [1.54, 1.807) is 13.8 Å². The Balaban J connectivity index is 2.83. The van der Waals surface area contributed by atoms with Crippen molar-refractivity contribution < 1.29 is 8.42 Å². The van der Waals surface area contributed by atoms with Gasteiger partial charge in [-0.25, -0.2) is 0 Å². The van der Waals surface area contributed by atoms with Gasteiger partial charge in [-0.2, -0.15) is 22.7 Å². The third-order valence-corrected chi connectivity index (χ3v) is 4.89. The normalized spacial score (nSPS) is 19.9. The van der Waals surface area contributed by atoms with Gasteiger partial charge < -0.3 is 0 Å². The van der Waals surface area contributed by atoms with Crippen molar-refractivity contribution in [2.45, 2.75) is 45.1 Å². The lowest BCUT2D eigenvalue weighted by Crippen LogP contribution is -2.51. The Hall–Kier alpha value is -0.640. The molecule has 0 aliphatic heterocycles. The van der Waals surface area contributed by atoms with Crippen molar-refractivity contribution in [2.75, 3.05) is 13.1 Å². The molecule has 1 rings (SSSR count). The van der Waals surface area contributed by atoms with Crippen molar-refractivity contribution in [1.82, 2.24) is 9.03 Å². The SMILES string of the molecule is CCN(CC)S(=O)(=O)NC1(C#N)CCCC1. The molecule has 0 radical (unpaired) electrons. The lowest BCUT2D eigenvalue weighted by molar-refractivity contribution is 0.406. The Morgan fingerprint density at radius 2 is 1.81 bits per heavy atom. The summed E-state index contributed by atoms with van der Waals surface area (Å²) >= 11 is 0. The van der Waals surface area contributed by atoms with Crippen molar-refractivity contribution in [3.63, 3.8) is 0 Å². The fourth-order valence-corrected chi connectivity index (χ4v) is 3.64. The Morgan fingerprint density at radius 1 is 1.31 bits per heavy atom. The van der Waals surface area contributed by atoms with E-state index in [1.807, 2.05) is 0 Å². The molecule has 1 N–H and O–H groups in total. The van der Waals surface area contributed by atoms with E-state index in [2.05, 4.69) is 10.8 Å². The fourth-order valence-electron chi connectivity index (χ4n) is 2.09. The largest absolute Gasteiger partial charge is 0.280 e. The van der Waals surface area contributed by atoms with Crippen LogP contribution >= 0.6 is 0 Å². The monoisotopic (exact) mass is 245 g/mol. The Morgan fingerprint density at radius 3 is 2.19 bits per heavy atom. The van der Waals surface area contributed by atoms with Gasteiger partial charge in [0.05, 0.1) is 6.07 Å². The first kappa shape index (κ1) is 13.4. The quantitative estimate of drug-likeness (QED) is 0.785. The summed E-state index contributed by atoms with van der Waals surface area (Å²) in [4.78, 5) is 0. The van der Waals surface area contributed by atoms with Gasteiger partial charge in [0.1, 0.15) is 5.54 Å². The van der Waals surface area contributed by atoms with Gasteiger partial charge in [0, 0.05) is 13.1 Å². The molecule has 92 valence electrons. The van der Waals surface area contributed by atoms with Crippen LogP contribution in [-0.4, -0.2) is 31.4 Å². The van der Waals surface area contributed by atoms with E-state index in [0.29, 0.717) is 25.9 Å². The molecule has 6 heteroatoms. The van der Waals surface area contributed by atoms with Crippen molar-refractivity contribution in [3.05, 3.63) is 0 Å². The lowest BCUT2D eigenvalue weighted by atomic mass is 10.0. The Kier molecular flexibility index (Phi) is 4.30. The molecular formula is C10H19N3O2S. The molecule has 0 unspecified atom stereocenters. The number of nitrogens with one attached hydrogen (secondary N) is 1. The minimum atomic E-state index is -3.52. The number of hydrogen-bond acceptors (Lipinski definition) is 3. The highest BCUT2D eigenvalue weighted by Gasteiger charge is 2.39. The maximum Gasteiger partial charge on any atom is 0.280 e. The van der Waals surface area contributed by atoms with E-state index in [0.717, 1.165) is 12.8 Å². The molecule has 0 bridgehead atoms. The van der Waals surface area contributed by atoms with Crippen LogP contribution in [0.25, 0.3) is 0 Å². The lowest BCUT2D eigenvalue weighted by Gasteiger charge is -2.26. The average molecular weight is 245 g/mol. The van der Waals surface area contributed by atoms with Gasteiger partial charge in [0.25, 0.3) is 10.2 Å². The van der Waals surface area contributed by atoms with Crippen LogP contribution in [0.3, 0.4) is 0 Å². The molecule has 0 aromatic heterocycles. The molecule has 0 heterocycles. The molecular weight excluding hydrogens is 226 g/mol. The summed E-state index contributed by atoms with van der Waals surface area (Å²) in [5.41, 5.74) is -0.874. The second-order valence-electron chi connectivity index (χ2n) is 4.09. The molecule has 16 heavy (non-hydrogen) atoms. The van der Waals surface area contributed by atoms with Gasteiger partial charge in [-0.15, -0.1) is 0 Å². The summed E-state index contributed by atoms with van der Waals surface area (Å²) in [6.45, 7) is 4.42. The predicted molar refractivity (Wildman–Crippen MR) is 61.8 cm³/mol. The predicted octanol–water partition coefficient (Wildman–Crippen LogP) is 0.999. The molecule has 0 spiro atoms. The van der Waals surface area contributed by atoms with Crippen LogP contribution in [0, 0.1) is 11.3 Å². The van der Waals surface area contributed by atoms with E-state index in [1.165, 1.54) is 4.31 Å². The van der Waals surface area contributed by atoms with Gasteiger partial charge in [-0.05, 0) is 12.8 Å². The fraction of sp³-hybridized carbons (Fsp3) is 0.900. The van der Waals surface area contributed by atoms with Gasteiger partial charge in [0.2, 0.25) is 0 Å². The van der Waals surface area contributed by atoms with Gasteiger partial charge in [0.15, 0.2) is 0 Å². The highest BCUT2D eigenvalue weighted by atomic mass is 32.2. The summed E-state index contributed by atoms with van der Waals surface area (Å²) in [5.74, 6) is 0. The molecule has 0 amide bonds. The van der Waals surface area contributed by atoms with Crippen molar-refractivity contribution in [3.8, 4) is 6.07 Å². The number of nitrogens with zero attached hydrogens (tertiary/aromatic N) is 2. The second-order valence-corrected chi connectivity index (χ2v) is 5.76. The van der Waals surface area contributed by atoms with Crippen LogP contribution in [0.15, 0.2) is 0 Å². The van der Waals surface area contributed by atoms with E-state index in [4.69, 9.17) is 5.26 Å². The molecule has 0 saturated heterocycles. The first-order chi connectivity index (χ1) is 7.49. The molecule has 1 saturated carbocycles. The zero-order chi connectivity index (χ0) is 12.2. The minimum absolute atomic E-state index is 0.424. The third-order valence-electron chi connectivity index (χ3n) is 3.04. The van der Waals surface area contributed by atoms with Gasteiger partial charge in [-0.1, -0.05) is 26.7 Å². The summed E-state index contributed by atoms with van der Waals surface area (Å²) < 4.78 is 27.8. The zero-order valence-corrected chi connectivity index (χ0v) is 10.7. The average Bonchev–Trinajstić information content (AvgIpc) is 2.67. The topological polar surface area (TPSA) is 73.2 Å². The summed E-state index contributed by atoms with van der Waals surface area (Å²) in [5, 5.41) is 9.11. The number of rotatable bonds is 5. The third kappa shape index (κ3) is 2.73. The van der Waals surface area contributed by atoms with Crippen molar-refractivity contribution >= 4 is 10.2 Å². The standard InChI is InChI=1S/C10H19N3O2S/c1-3-13(4-2)16(14,15)12-10(9-11)7-5-6-8-10/h12H,3-8H2,1-2H3. The van der Waals surface area contributed by atoms with Crippen LogP contribution in [0.4, 0.5) is 0 Å². The Labute approximate surface area is 97.6 Å². The highest BCUT2D eigenvalue weighted by molar-refractivity contribution is 7.87. The second kappa shape index (κ2) is 5.13. The van der Waals surface area contributed by atoms with Gasteiger partial charge in [-0.3, -0.25) is 0 Å². The first-order valence-electron chi connectivity index (χ1n) is 5.70. The van der Waals surface area contributed by atoms with Crippen LogP contribution in [0.2, 0.25) is 0 Å². The van der Waals surface area contributed by atoms with E-state index >= 15 is 0 Å². The summed E-state index contributed by atoms with van der Waals surface area (Å²) in [6, 6.07) is 2.12. The van der Waals surface area contributed by atoms with Crippen molar-refractivity contribution in [1.29, 1.82) is 5.26 Å². The van der Waals surface area contributed by atoms with Crippen molar-refractivity contribution in [2.24, 2.45) is 0 Å². The molecule has 0 aromatic carbocycles. The Bertz CT molecular complexity index is 362. The molecule has 0 aromatic rings. The van der Waals surface area contributed by atoms with E-state index in [-0.39, 0.29) is 0 Å². The number of hydrogen-bond donors (Lipinski definition) is 1. The van der Waals surface area contributed by atoms with Crippen LogP contribution in [0.5, 0.6) is 0 Å². The number of nitriles is 1. The summed E-state index contributed by atoms with van der Waals surface area (Å²) in [7, 11) is -3.52. The first-order valence-corrected chi connectivity index (χ1v) is 7.14. The molecule has 5 nitrogen and oxygen atoms in total. The molecule has 1 aliphatic carbocycles. The molecule has 1 fully saturated rings. The van der Waals surface area contributed by atoms with Gasteiger partial charge >= 0.3 is 0 Å². The zero-order valence-electron chi connectivity index (χ0n) is 9.86. The van der Waals surface area contributed by atoms with Crippen LogP contribution in [0.1, 0.15) is 39.5 Å². The van der Waals surface area contributed by atoms with E-state index in [9.17, 15) is 8.42 Å². The van der Waals surface area contributed by atoms with E-state index < -0.39 is 15.7 Å². The molecule has 0 atom stereocenters. The molecule has 1 aliphatic rings. The van der Waals surface area contributed by atoms with Crippen LogP contribution < -0.4 is 4.72 Å².